The van der Waals surface area contributed by atoms with E-state index in [1.165, 1.54) is 12.1 Å². The van der Waals surface area contributed by atoms with Gasteiger partial charge in [-0.1, -0.05) is 29.8 Å². The summed E-state index contributed by atoms with van der Waals surface area (Å²) >= 11 is 6.14. The van der Waals surface area contributed by atoms with Gasteiger partial charge in [0.2, 0.25) is 0 Å². The number of amides is 1. The highest BCUT2D eigenvalue weighted by atomic mass is 35.5. The largest absolute Gasteiger partial charge is 0.497 e. The smallest absolute Gasteiger partial charge is 0.253 e. The highest BCUT2D eigenvalue weighted by Gasteiger charge is 2.22. The molecule has 0 bridgehead atoms. The molecule has 0 aromatic heterocycles. The zero-order valence-electron chi connectivity index (χ0n) is 18.5. The van der Waals surface area contributed by atoms with Crippen molar-refractivity contribution >= 4 is 17.5 Å². The maximum Gasteiger partial charge on any atom is 0.253 e. The number of nitrogens with zero attached hydrogens (tertiary/aromatic N) is 2. The Bertz CT molecular complexity index is 1080. The lowest BCUT2D eigenvalue weighted by atomic mass is 10.1. The first-order valence-electron chi connectivity index (χ1n) is 10.8. The van der Waals surface area contributed by atoms with Gasteiger partial charge in [0.15, 0.2) is 0 Å². The summed E-state index contributed by atoms with van der Waals surface area (Å²) in [4.78, 5) is 17.0. The molecular weight excluding hydrogens is 443 g/mol. The molecule has 5 nitrogen and oxygen atoms in total. The van der Waals surface area contributed by atoms with Crippen molar-refractivity contribution < 1.29 is 18.7 Å². The first kappa shape index (κ1) is 23.1. The predicted octanol–water partition coefficient (Wildman–Crippen LogP) is 5.02. The van der Waals surface area contributed by atoms with Crippen LogP contribution < -0.4 is 9.47 Å². The molecule has 0 aliphatic carbocycles. The number of halogens is 2. The van der Waals surface area contributed by atoms with Crippen molar-refractivity contribution in [2.24, 2.45) is 0 Å². The Labute approximate surface area is 198 Å². The fraction of sp³-hybridized carbons (Fsp3) is 0.269. The van der Waals surface area contributed by atoms with Crippen LogP contribution >= 0.6 is 11.6 Å². The second-order valence-electron chi connectivity index (χ2n) is 7.97. The van der Waals surface area contributed by atoms with E-state index in [-0.39, 0.29) is 11.7 Å². The first-order valence-corrected chi connectivity index (χ1v) is 11.2. The van der Waals surface area contributed by atoms with E-state index in [0.717, 1.165) is 35.7 Å². The van der Waals surface area contributed by atoms with Crippen LogP contribution in [-0.2, 0) is 13.2 Å². The molecule has 0 radical (unpaired) electrons. The molecule has 33 heavy (non-hydrogen) atoms. The fourth-order valence-electron chi connectivity index (χ4n) is 3.76. The van der Waals surface area contributed by atoms with Crippen LogP contribution in [0.25, 0.3) is 0 Å². The average Bonchev–Trinajstić information content (AvgIpc) is 2.85. The van der Waals surface area contributed by atoms with Gasteiger partial charge in [0.05, 0.1) is 7.11 Å². The van der Waals surface area contributed by atoms with E-state index in [1.54, 1.807) is 13.2 Å². The van der Waals surface area contributed by atoms with Crippen molar-refractivity contribution in [1.29, 1.82) is 0 Å². The van der Waals surface area contributed by atoms with Crippen LogP contribution in [0.4, 0.5) is 4.39 Å². The van der Waals surface area contributed by atoms with Gasteiger partial charge in [0.1, 0.15) is 23.9 Å². The van der Waals surface area contributed by atoms with Crippen molar-refractivity contribution in [2.45, 2.75) is 13.2 Å². The van der Waals surface area contributed by atoms with E-state index >= 15 is 0 Å². The molecule has 1 heterocycles. The SMILES string of the molecule is COc1ccc(OCc2ccc(C(=O)N3CCN(Cc4ccc(F)cc4Cl)CC3)cc2)cc1. The third-order valence-corrected chi connectivity index (χ3v) is 6.09. The molecule has 0 unspecified atom stereocenters. The van der Waals surface area contributed by atoms with Crippen LogP contribution in [0.1, 0.15) is 21.5 Å². The Morgan fingerprint density at radius 3 is 2.24 bits per heavy atom. The van der Waals surface area contributed by atoms with Gasteiger partial charge in [-0.05, 0) is 59.7 Å². The molecule has 1 aliphatic rings. The quantitative estimate of drug-likeness (QED) is 0.488. The van der Waals surface area contributed by atoms with Gasteiger partial charge in [-0.3, -0.25) is 9.69 Å². The van der Waals surface area contributed by atoms with Crippen LogP contribution in [0.15, 0.2) is 66.7 Å². The number of carbonyl (C=O) groups excluding carboxylic acids is 1. The van der Waals surface area contributed by atoms with Gasteiger partial charge in [0.25, 0.3) is 5.91 Å². The molecule has 1 aliphatic heterocycles. The Balaban J connectivity index is 1.27. The average molecular weight is 469 g/mol. The summed E-state index contributed by atoms with van der Waals surface area (Å²) in [5, 5.41) is 0.435. The van der Waals surface area contributed by atoms with Gasteiger partial charge < -0.3 is 14.4 Å². The van der Waals surface area contributed by atoms with E-state index < -0.39 is 0 Å². The van der Waals surface area contributed by atoms with Crippen LogP contribution in [0.5, 0.6) is 11.5 Å². The van der Waals surface area contributed by atoms with Crippen LogP contribution in [0, 0.1) is 5.82 Å². The maximum atomic E-state index is 13.2. The van der Waals surface area contributed by atoms with Gasteiger partial charge >= 0.3 is 0 Å². The standard InChI is InChI=1S/C26H26ClFN2O3/c1-32-23-8-10-24(11-9-23)33-18-19-2-4-20(5-3-19)26(31)30-14-12-29(13-15-30)17-21-6-7-22(28)16-25(21)27/h2-11,16H,12-15,17-18H2,1H3. The molecule has 172 valence electrons. The topological polar surface area (TPSA) is 42.0 Å². The number of ether oxygens (including phenoxy) is 2. The number of hydrogen-bond acceptors (Lipinski definition) is 4. The zero-order valence-corrected chi connectivity index (χ0v) is 19.2. The summed E-state index contributed by atoms with van der Waals surface area (Å²) in [5.41, 5.74) is 2.55. The minimum atomic E-state index is -0.336. The number of methoxy groups -OCH3 is 1. The molecular formula is C26H26ClFN2O3. The second-order valence-corrected chi connectivity index (χ2v) is 8.37. The fourth-order valence-corrected chi connectivity index (χ4v) is 3.99. The molecule has 0 saturated carbocycles. The van der Waals surface area contributed by atoms with E-state index in [0.29, 0.717) is 36.8 Å². The van der Waals surface area contributed by atoms with Gasteiger partial charge in [-0.2, -0.15) is 0 Å². The minimum Gasteiger partial charge on any atom is -0.497 e. The Morgan fingerprint density at radius 2 is 1.61 bits per heavy atom. The van der Waals surface area contributed by atoms with Crippen molar-refractivity contribution in [3.8, 4) is 11.5 Å². The summed E-state index contributed by atoms with van der Waals surface area (Å²) in [6.07, 6.45) is 0. The predicted molar refractivity (Wildman–Crippen MR) is 126 cm³/mol. The molecule has 0 N–H and O–H groups in total. The molecule has 1 fully saturated rings. The number of piperazine rings is 1. The van der Waals surface area contributed by atoms with Crippen LogP contribution in [0.3, 0.4) is 0 Å². The number of rotatable bonds is 7. The number of hydrogen-bond donors (Lipinski definition) is 0. The lowest BCUT2D eigenvalue weighted by Gasteiger charge is -2.35. The maximum absolute atomic E-state index is 13.2. The molecule has 0 atom stereocenters. The molecule has 1 amide bonds. The van der Waals surface area contributed by atoms with E-state index in [9.17, 15) is 9.18 Å². The molecule has 3 aromatic carbocycles. The molecule has 1 saturated heterocycles. The summed E-state index contributed by atoms with van der Waals surface area (Å²) in [7, 11) is 1.63. The monoisotopic (exact) mass is 468 g/mol. The second kappa shape index (κ2) is 10.7. The lowest BCUT2D eigenvalue weighted by molar-refractivity contribution is 0.0628. The summed E-state index contributed by atoms with van der Waals surface area (Å²) in [6.45, 7) is 3.83. The van der Waals surface area contributed by atoms with Gasteiger partial charge in [0, 0.05) is 43.3 Å². The normalized spacial score (nSPS) is 14.2. The summed E-state index contributed by atoms with van der Waals surface area (Å²) in [6, 6.07) is 19.4. The van der Waals surface area contributed by atoms with Crippen LogP contribution in [-0.4, -0.2) is 49.0 Å². The first-order chi connectivity index (χ1) is 16.0. The van der Waals surface area contributed by atoms with Crippen molar-refractivity contribution in [1.82, 2.24) is 9.80 Å². The Hall–Kier alpha value is -3.09. The molecule has 3 aromatic rings. The summed E-state index contributed by atoms with van der Waals surface area (Å²) < 4.78 is 24.2. The summed E-state index contributed by atoms with van der Waals surface area (Å²) in [5.74, 6) is 1.23. The van der Waals surface area contributed by atoms with Gasteiger partial charge in [-0.15, -0.1) is 0 Å². The Kier molecular flexibility index (Phi) is 7.47. The van der Waals surface area contributed by atoms with E-state index in [4.69, 9.17) is 21.1 Å². The highest BCUT2D eigenvalue weighted by Crippen LogP contribution is 2.21. The third-order valence-electron chi connectivity index (χ3n) is 5.73. The molecule has 4 rings (SSSR count). The van der Waals surface area contributed by atoms with E-state index in [1.807, 2.05) is 53.4 Å². The third kappa shape index (κ3) is 6.03. The highest BCUT2D eigenvalue weighted by molar-refractivity contribution is 6.31. The Morgan fingerprint density at radius 1 is 0.939 bits per heavy atom. The minimum absolute atomic E-state index is 0.0251. The number of benzene rings is 3. The van der Waals surface area contributed by atoms with Gasteiger partial charge in [-0.25, -0.2) is 4.39 Å². The van der Waals surface area contributed by atoms with Crippen molar-refractivity contribution in [3.05, 3.63) is 94.3 Å². The number of carbonyl (C=O) groups is 1. The molecule has 7 heteroatoms. The molecule has 0 spiro atoms. The van der Waals surface area contributed by atoms with Crippen molar-refractivity contribution in [3.63, 3.8) is 0 Å². The van der Waals surface area contributed by atoms with Crippen molar-refractivity contribution in [2.75, 3.05) is 33.3 Å². The van der Waals surface area contributed by atoms with Crippen LogP contribution in [0.2, 0.25) is 5.02 Å². The zero-order chi connectivity index (χ0) is 23.2. The van der Waals surface area contributed by atoms with E-state index in [2.05, 4.69) is 4.90 Å². The lowest BCUT2D eigenvalue weighted by Crippen LogP contribution is -2.48.